The third kappa shape index (κ3) is 4.50. The first-order valence-corrected chi connectivity index (χ1v) is 6.33. The Morgan fingerprint density at radius 3 is 2.68 bits per heavy atom. The lowest BCUT2D eigenvalue weighted by Crippen LogP contribution is -2.32. The maximum absolute atomic E-state index is 10.8. The Morgan fingerprint density at radius 2 is 2.16 bits per heavy atom. The van der Waals surface area contributed by atoms with E-state index in [-0.39, 0.29) is 18.3 Å². The number of nitro benzene ring substituents is 1. The summed E-state index contributed by atoms with van der Waals surface area (Å²) in [5.74, 6) is 0. The Bertz CT molecular complexity index is 435. The minimum atomic E-state index is -0.420. The maximum atomic E-state index is 10.8. The van der Waals surface area contributed by atoms with Gasteiger partial charge in [0.25, 0.3) is 5.69 Å². The molecule has 0 amide bonds. The molecule has 0 unspecified atom stereocenters. The van der Waals surface area contributed by atoms with Crippen LogP contribution in [0.3, 0.4) is 0 Å². The van der Waals surface area contributed by atoms with Gasteiger partial charge in [-0.25, -0.2) is 0 Å². The van der Waals surface area contributed by atoms with Gasteiger partial charge in [0, 0.05) is 43.6 Å². The topological polar surface area (TPSA) is 92.6 Å². The van der Waals surface area contributed by atoms with Gasteiger partial charge < -0.3 is 10.8 Å². The molecule has 0 saturated carbocycles. The van der Waals surface area contributed by atoms with Crippen LogP contribution in [-0.4, -0.2) is 34.1 Å². The van der Waals surface area contributed by atoms with Crippen molar-refractivity contribution >= 4 is 11.4 Å². The first-order valence-electron chi connectivity index (χ1n) is 6.33. The molecule has 0 radical (unpaired) electrons. The summed E-state index contributed by atoms with van der Waals surface area (Å²) in [7, 11) is 0. The lowest BCUT2D eigenvalue weighted by molar-refractivity contribution is -0.384. The van der Waals surface area contributed by atoms with Crippen molar-refractivity contribution in [1.82, 2.24) is 4.90 Å². The third-order valence-electron chi connectivity index (χ3n) is 3.04. The summed E-state index contributed by atoms with van der Waals surface area (Å²) in [5, 5.41) is 19.7. The number of aliphatic hydroxyl groups is 1. The van der Waals surface area contributed by atoms with Gasteiger partial charge in [-0.05, 0) is 31.9 Å². The zero-order chi connectivity index (χ0) is 14.4. The SMILES string of the molecule is CC(C)N(CCCO)Cc1cc([N+](=O)[O-])ccc1N. The average Bonchev–Trinajstić information content (AvgIpc) is 2.35. The van der Waals surface area contributed by atoms with Crippen LogP contribution in [0.4, 0.5) is 11.4 Å². The number of nitro groups is 1. The van der Waals surface area contributed by atoms with E-state index < -0.39 is 4.92 Å². The molecule has 0 aliphatic heterocycles. The van der Waals surface area contributed by atoms with Crippen molar-refractivity contribution in [3.8, 4) is 0 Å². The predicted octanol–water partition coefficient (Wildman–Crippen LogP) is 1.77. The van der Waals surface area contributed by atoms with E-state index in [9.17, 15) is 10.1 Å². The van der Waals surface area contributed by atoms with E-state index >= 15 is 0 Å². The molecule has 0 heterocycles. The van der Waals surface area contributed by atoms with Gasteiger partial charge in [0.05, 0.1) is 4.92 Å². The quantitative estimate of drug-likeness (QED) is 0.446. The number of nitrogens with zero attached hydrogens (tertiary/aromatic N) is 2. The largest absolute Gasteiger partial charge is 0.398 e. The van der Waals surface area contributed by atoms with Crippen LogP contribution in [0.2, 0.25) is 0 Å². The molecule has 19 heavy (non-hydrogen) atoms. The lowest BCUT2D eigenvalue weighted by Gasteiger charge is -2.26. The van der Waals surface area contributed by atoms with Gasteiger partial charge in [0.1, 0.15) is 0 Å². The molecule has 1 aromatic rings. The fourth-order valence-electron chi connectivity index (χ4n) is 1.86. The van der Waals surface area contributed by atoms with Crippen LogP contribution in [0.15, 0.2) is 18.2 Å². The number of hydrogen-bond acceptors (Lipinski definition) is 5. The predicted molar refractivity (Wildman–Crippen MR) is 74.8 cm³/mol. The molecular formula is C13H21N3O3. The Kier molecular flexibility index (Phi) is 5.72. The molecule has 0 fully saturated rings. The third-order valence-corrected chi connectivity index (χ3v) is 3.04. The van der Waals surface area contributed by atoms with Gasteiger partial charge in [-0.1, -0.05) is 0 Å². The van der Waals surface area contributed by atoms with Crippen LogP contribution in [0.5, 0.6) is 0 Å². The smallest absolute Gasteiger partial charge is 0.269 e. The Balaban J connectivity index is 2.88. The molecule has 0 saturated heterocycles. The van der Waals surface area contributed by atoms with Crippen LogP contribution in [0, 0.1) is 10.1 Å². The van der Waals surface area contributed by atoms with Crippen LogP contribution < -0.4 is 5.73 Å². The highest BCUT2D eigenvalue weighted by Crippen LogP contribution is 2.22. The number of non-ortho nitro benzene ring substituents is 1. The fourth-order valence-corrected chi connectivity index (χ4v) is 1.86. The van der Waals surface area contributed by atoms with E-state index in [1.54, 1.807) is 6.07 Å². The van der Waals surface area contributed by atoms with Crippen LogP contribution in [-0.2, 0) is 6.54 Å². The fraction of sp³-hybridized carbons (Fsp3) is 0.538. The van der Waals surface area contributed by atoms with Crippen LogP contribution in [0.25, 0.3) is 0 Å². The summed E-state index contributed by atoms with van der Waals surface area (Å²) >= 11 is 0. The molecule has 106 valence electrons. The second kappa shape index (κ2) is 7.06. The van der Waals surface area contributed by atoms with Crippen LogP contribution >= 0.6 is 0 Å². The van der Waals surface area contributed by atoms with Gasteiger partial charge >= 0.3 is 0 Å². The Labute approximate surface area is 113 Å². The maximum Gasteiger partial charge on any atom is 0.269 e. The lowest BCUT2D eigenvalue weighted by atomic mass is 10.1. The molecule has 0 atom stereocenters. The number of anilines is 1. The molecule has 0 spiro atoms. The van der Waals surface area contributed by atoms with E-state index in [1.807, 2.05) is 13.8 Å². The Morgan fingerprint density at radius 1 is 1.47 bits per heavy atom. The molecule has 0 bridgehead atoms. The molecule has 6 nitrogen and oxygen atoms in total. The van der Waals surface area contributed by atoms with Gasteiger partial charge in [0.2, 0.25) is 0 Å². The second-order valence-electron chi connectivity index (χ2n) is 4.78. The van der Waals surface area contributed by atoms with Crippen molar-refractivity contribution in [2.45, 2.75) is 32.9 Å². The molecular weight excluding hydrogens is 246 g/mol. The first-order chi connectivity index (χ1) is 8.95. The van der Waals surface area contributed by atoms with Crippen molar-refractivity contribution in [2.75, 3.05) is 18.9 Å². The van der Waals surface area contributed by atoms with E-state index in [0.717, 1.165) is 12.1 Å². The van der Waals surface area contributed by atoms with Gasteiger partial charge in [0.15, 0.2) is 0 Å². The van der Waals surface area contributed by atoms with Crippen molar-refractivity contribution in [3.05, 3.63) is 33.9 Å². The Hall–Kier alpha value is -1.66. The molecule has 0 aliphatic rings. The van der Waals surface area contributed by atoms with Crippen molar-refractivity contribution in [2.24, 2.45) is 0 Å². The van der Waals surface area contributed by atoms with E-state index in [2.05, 4.69) is 4.90 Å². The monoisotopic (exact) mass is 267 g/mol. The van der Waals surface area contributed by atoms with Crippen LogP contribution in [0.1, 0.15) is 25.8 Å². The number of nitrogens with two attached hydrogens (primary N) is 1. The molecule has 0 aromatic heterocycles. The normalized spacial score (nSPS) is 11.2. The number of benzene rings is 1. The molecule has 3 N–H and O–H groups in total. The summed E-state index contributed by atoms with van der Waals surface area (Å²) < 4.78 is 0. The average molecular weight is 267 g/mol. The molecule has 6 heteroatoms. The summed E-state index contributed by atoms with van der Waals surface area (Å²) in [6, 6.07) is 4.78. The first kappa shape index (κ1) is 15.4. The minimum Gasteiger partial charge on any atom is -0.398 e. The number of hydrogen-bond donors (Lipinski definition) is 2. The zero-order valence-corrected chi connectivity index (χ0v) is 11.4. The molecule has 0 aliphatic carbocycles. The highest BCUT2D eigenvalue weighted by molar-refractivity contribution is 5.52. The number of aliphatic hydroxyl groups excluding tert-OH is 1. The van der Waals surface area contributed by atoms with E-state index in [0.29, 0.717) is 18.7 Å². The van der Waals surface area contributed by atoms with Gasteiger partial charge in [-0.2, -0.15) is 0 Å². The van der Waals surface area contributed by atoms with Gasteiger partial charge in [-0.3, -0.25) is 15.0 Å². The van der Waals surface area contributed by atoms with E-state index in [4.69, 9.17) is 10.8 Å². The second-order valence-corrected chi connectivity index (χ2v) is 4.78. The van der Waals surface area contributed by atoms with Gasteiger partial charge in [-0.15, -0.1) is 0 Å². The highest BCUT2D eigenvalue weighted by atomic mass is 16.6. The molecule has 1 rings (SSSR count). The van der Waals surface area contributed by atoms with Crippen molar-refractivity contribution in [3.63, 3.8) is 0 Å². The number of nitrogen functional groups attached to an aromatic ring is 1. The molecule has 1 aromatic carbocycles. The standard InChI is InChI=1S/C13H21N3O3/c1-10(2)15(6-3-7-17)9-11-8-12(16(18)19)4-5-13(11)14/h4-5,8,10,17H,3,6-7,9,14H2,1-2H3. The summed E-state index contributed by atoms with van der Waals surface area (Å²) in [5.41, 5.74) is 7.23. The highest BCUT2D eigenvalue weighted by Gasteiger charge is 2.14. The van der Waals surface area contributed by atoms with Crippen molar-refractivity contribution < 1.29 is 10.0 Å². The summed E-state index contributed by atoms with van der Waals surface area (Å²) in [4.78, 5) is 12.5. The summed E-state index contributed by atoms with van der Waals surface area (Å²) in [6.07, 6.45) is 0.674. The van der Waals surface area contributed by atoms with E-state index in [1.165, 1.54) is 12.1 Å². The van der Waals surface area contributed by atoms with Crippen molar-refractivity contribution in [1.29, 1.82) is 0 Å². The zero-order valence-electron chi connectivity index (χ0n) is 11.4. The minimum absolute atomic E-state index is 0.0510. The number of rotatable bonds is 7. The summed E-state index contributed by atoms with van der Waals surface area (Å²) in [6.45, 7) is 5.50.